The number of nitrogen functional groups attached to an aromatic ring is 1. The zero-order chi connectivity index (χ0) is 13.1. The van der Waals surface area contributed by atoms with E-state index in [4.69, 9.17) is 22.1 Å². The van der Waals surface area contributed by atoms with Crippen LogP contribution < -0.4 is 10.6 Å². The molecule has 0 saturated carbocycles. The molecule has 0 aliphatic carbocycles. The van der Waals surface area contributed by atoms with E-state index in [0.29, 0.717) is 5.02 Å². The summed E-state index contributed by atoms with van der Waals surface area (Å²) in [5.74, 6) is -0.111. The van der Waals surface area contributed by atoms with E-state index in [2.05, 4.69) is 4.90 Å². The van der Waals surface area contributed by atoms with Crippen molar-refractivity contribution in [1.82, 2.24) is 0 Å². The number of hydrogen-bond acceptors (Lipinski definition) is 4. The van der Waals surface area contributed by atoms with Crippen LogP contribution in [0.25, 0.3) is 0 Å². The maximum absolute atomic E-state index is 11.4. The summed E-state index contributed by atoms with van der Waals surface area (Å²) < 4.78 is 4.77. The monoisotopic (exact) mass is 268 g/mol. The van der Waals surface area contributed by atoms with Crippen molar-refractivity contribution in [1.29, 1.82) is 0 Å². The van der Waals surface area contributed by atoms with Crippen molar-refractivity contribution in [2.75, 3.05) is 30.8 Å². The van der Waals surface area contributed by atoms with Gasteiger partial charge in [-0.1, -0.05) is 11.6 Å². The standard InChI is InChI=1S/C13H17ClN2O2/c1-18-13(17)9-4-6-16(7-5-9)12-8-10(14)2-3-11(12)15/h2-3,8-9H,4-7,15H2,1H3. The minimum absolute atomic E-state index is 0.00617. The van der Waals surface area contributed by atoms with Gasteiger partial charge < -0.3 is 15.4 Å². The van der Waals surface area contributed by atoms with E-state index in [0.717, 1.165) is 37.3 Å². The lowest BCUT2D eigenvalue weighted by atomic mass is 9.96. The molecule has 1 aromatic rings. The van der Waals surface area contributed by atoms with Crippen LogP contribution >= 0.6 is 11.6 Å². The first-order chi connectivity index (χ1) is 8.61. The van der Waals surface area contributed by atoms with Crippen molar-refractivity contribution >= 4 is 28.9 Å². The van der Waals surface area contributed by atoms with E-state index < -0.39 is 0 Å². The van der Waals surface area contributed by atoms with Gasteiger partial charge in [0.25, 0.3) is 0 Å². The average molecular weight is 269 g/mol. The van der Waals surface area contributed by atoms with Gasteiger partial charge in [-0.05, 0) is 31.0 Å². The number of carbonyl (C=O) groups excluding carboxylic acids is 1. The number of carbonyl (C=O) groups is 1. The highest BCUT2D eigenvalue weighted by Gasteiger charge is 2.26. The van der Waals surface area contributed by atoms with Crippen molar-refractivity contribution in [2.45, 2.75) is 12.8 Å². The molecule has 0 radical (unpaired) electrons. The molecule has 18 heavy (non-hydrogen) atoms. The Morgan fingerprint density at radius 2 is 2.11 bits per heavy atom. The predicted octanol–water partition coefficient (Wildman–Crippen LogP) is 2.31. The lowest BCUT2D eigenvalue weighted by Crippen LogP contribution is -2.37. The molecule has 1 aliphatic heterocycles. The highest BCUT2D eigenvalue weighted by Crippen LogP contribution is 2.30. The Labute approximate surface area is 112 Å². The second-order valence-corrected chi connectivity index (χ2v) is 4.92. The van der Waals surface area contributed by atoms with Crippen molar-refractivity contribution in [2.24, 2.45) is 5.92 Å². The fraction of sp³-hybridized carbons (Fsp3) is 0.462. The number of hydrogen-bond donors (Lipinski definition) is 1. The first kappa shape index (κ1) is 13.0. The second kappa shape index (κ2) is 5.48. The van der Waals surface area contributed by atoms with Crippen LogP contribution in [-0.4, -0.2) is 26.2 Å². The molecule has 1 saturated heterocycles. The van der Waals surface area contributed by atoms with Gasteiger partial charge in [0.2, 0.25) is 0 Å². The van der Waals surface area contributed by atoms with Crippen LogP contribution in [0.4, 0.5) is 11.4 Å². The van der Waals surface area contributed by atoms with E-state index in [-0.39, 0.29) is 11.9 Å². The van der Waals surface area contributed by atoms with Crippen molar-refractivity contribution in [3.63, 3.8) is 0 Å². The van der Waals surface area contributed by atoms with E-state index in [1.165, 1.54) is 7.11 Å². The normalized spacial score (nSPS) is 16.7. The van der Waals surface area contributed by atoms with Gasteiger partial charge in [0.05, 0.1) is 24.4 Å². The predicted molar refractivity (Wildman–Crippen MR) is 72.8 cm³/mol. The third-order valence-electron chi connectivity index (χ3n) is 3.36. The van der Waals surface area contributed by atoms with E-state index in [1.54, 1.807) is 6.07 Å². The van der Waals surface area contributed by atoms with Crippen LogP contribution in [0.3, 0.4) is 0 Å². The number of benzene rings is 1. The van der Waals surface area contributed by atoms with Gasteiger partial charge in [-0.15, -0.1) is 0 Å². The molecule has 0 atom stereocenters. The molecule has 1 aromatic carbocycles. The molecule has 1 heterocycles. The topological polar surface area (TPSA) is 55.6 Å². The van der Waals surface area contributed by atoms with Gasteiger partial charge >= 0.3 is 5.97 Å². The first-order valence-electron chi connectivity index (χ1n) is 5.99. The molecule has 1 fully saturated rings. The number of halogens is 1. The zero-order valence-corrected chi connectivity index (χ0v) is 11.1. The summed E-state index contributed by atoms with van der Waals surface area (Å²) in [7, 11) is 1.43. The van der Waals surface area contributed by atoms with Gasteiger partial charge in [0.1, 0.15) is 0 Å². The number of piperidine rings is 1. The van der Waals surface area contributed by atoms with E-state index in [1.807, 2.05) is 12.1 Å². The minimum Gasteiger partial charge on any atom is -0.469 e. The largest absolute Gasteiger partial charge is 0.469 e. The summed E-state index contributed by atoms with van der Waals surface area (Å²) in [5, 5.41) is 0.675. The third kappa shape index (κ3) is 2.70. The number of esters is 1. The molecule has 2 N–H and O–H groups in total. The van der Waals surface area contributed by atoms with Crippen LogP contribution in [0.2, 0.25) is 5.02 Å². The number of anilines is 2. The fourth-order valence-corrected chi connectivity index (χ4v) is 2.48. The third-order valence-corrected chi connectivity index (χ3v) is 3.60. The fourth-order valence-electron chi connectivity index (χ4n) is 2.31. The summed E-state index contributed by atoms with van der Waals surface area (Å²) in [6.07, 6.45) is 1.58. The Bertz CT molecular complexity index is 443. The summed E-state index contributed by atoms with van der Waals surface area (Å²) in [4.78, 5) is 13.6. The molecule has 2 rings (SSSR count). The maximum atomic E-state index is 11.4. The molecule has 0 bridgehead atoms. The molecule has 0 unspecified atom stereocenters. The molecule has 0 spiro atoms. The van der Waals surface area contributed by atoms with Crippen LogP contribution in [0, 0.1) is 5.92 Å². The molecule has 1 aliphatic rings. The minimum atomic E-state index is -0.117. The van der Waals surface area contributed by atoms with E-state index >= 15 is 0 Å². The molecule has 0 amide bonds. The van der Waals surface area contributed by atoms with Crippen LogP contribution in [-0.2, 0) is 9.53 Å². The van der Waals surface area contributed by atoms with Gasteiger partial charge in [-0.2, -0.15) is 0 Å². The average Bonchev–Trinajstić information content (AvgIpc) is 2.41. The van der Waals surface area contributed by atoms with Crippen molar-refractivity contribution < 1.29 is 9.53 Å². The molecule has 5 heteroatoms. The summed E-state index contributed by atoms with van der Waals surface area (Å²) in [5.41, 5.74) is 7.62. The van der Waals surface area contributed by atoms with Crippen LogP contribution in [0.5, 0.6) is 0 Å². The van der Waals surface area contributed by atoms with Gasteiger partial charge in [0.15, 0.2) is 0 Å². The smallest absolute Gasteiger partial charge is 0.308 e. The molecular weight excluding hydrogens is 252 g/mol. The number of ether oxygens (including phenoxy) is 1. The maximum Gasteiger partial charge on any atom is 0.308 e. The van der Waals surface area contributed by atoms with Crippen LogP contribution in [0.15, 0.2) is 18.2 Å². The zero-order valence-electron chi connectivity index (χ0n) is 10.4. The van der Waals surface area contributed by atoms with Gasteiger partial charge in [-0.3, -0.25) is 4.79 Å². The highest BCUT2D eigenvalue weighted by molar-refractivity contribution is 6.31. The molecule has 98 valence electrons. The summed E-state index contributed by atoms with van der Waals surface area (Å²) in [6.45, 7) is 1.59. The van der Waals surface area contributed by atoms with Crippen LogP contribution in [0.1, 0.15) is 12.8 Å². The molecular formula is C13H17ClN2O2. The number of nitrogens with zero attached hydrogens (tertiary/aromatic N) is 1. The van der Waals surface area contributed by atoms with E-state index in [9.17, 15) is 4.79 Å². The summed E-state index contributed by atoms with van der Waals surface area (Å²) in [6, 6.07) is 5.46. The Morgan fingerprint density at radius 3 is 2.72 bits per heavy atom. The van der Waals surface area contributed by atoms with Gasteiger partial charge in [-0.25, -0.2) is 0 Å². The van der Waals surface area contributed by atoms with Crippen molar-refractivity contribution in [3.05, 3.63) is 23.2 Å². The lowest BCUT2D eigenvalue weighted by Gasteiger charge is -2.33. The van der Waals surface area contributed by atoms with Crippen molar-refractivity contribution in [3.8, 4) is 0 Å². The lowest BCUT2D eigenvalue weighted by molar-refractivity contribution is -0.146. The number of rotatable bonds is 2. The Balaban J connectivity index is 2.05. The quantitative estimate of drug-likeness (QED) is 0.661. The molecule has 0 aromatic heterocycles. The summed E-state index contributed by atoms with van der Waals surface area (Å²) >= 11 is 5.98. The number of methoxy groups -OCH3 is 1. The SMILES string of the molecule is COC(=O)C1CCN(c2cc(Cl)ccc2N)CC1. The Hall–Kier alpha value is -1.42. The highest BCUT2D eigenvalue weighted by atomic mass is 35.5. The number of nitrogens with two attached hydrogens (primary N) is 1. The Kier molecular flexibility index (Phi) is 3.97. The van der Waals surface area contributed by atoms with Gasteiger partial charge in [0, 0.05) is 18.1 Å². The Morgan fingerprint density at radius 1 is 1.44 bits per heavy atom. The molecule has 4 nitrogen and oxygen atoms in total. The first-order valence-corrected chi connectivity index (χ1v) is 6.37. The second-order valence-electron chi connectivity index (χ2n) is 4.49.